The third kappa shape index (κ3) is 2.66. The van der Waals surface area contributed by atoms with Crippen LogP contribution in [0.5, 0.6) is 0 Å². The summed E-state index contributed by atoms with van der Waals surface area (Å²) in [6.45, 7) is 4.55. The van der Waals surface area contributed by atoms with E-state index < -0.39 is 0 Å². The second-order valence-corrected chi connectivity index (χ2v) is 6.80. The Hall–Kier alpha value is -1.39. The van der Waals surface area contributed by atoms with Crippen molar-refractivity contribution >= 4 is 11.0 Å². The maximum Gasteiger partial charge on any atom is 0.136 e. The van der Waals surface area contributed by atoms with Gasteiger partial charge in [0.2, 0.25) is 0 Å². The molecule has 2 aromatic rings. The van der Waals surface area contributed by atoms with Crippen molar-refractivity contribution in [3.05, 3.63) is 29.6 Å². The lowest BCUT2D eigenvalue weighted by Gasteiger charge is -2.30. The van der Waals surface area contributed by atoms with Gasteiger partial charge in [-0.3, -0.25) is 0 Å². The molecule has 4 rings (SSSR count). The average molecular weight is 299 g/mol. The van der Waals surface area contributed by atoms with Crippen LogP contribution in [0.25, 0.3) is 11.0 Å². The Kier molecular flexibility index (Phi) is 3.89. The zero-order chi connectivity index (χ0) is 14.9. The van der Waals surface area contributed by atoms with Crippen molar-refractivity contribution in [3.63, 3.8) is 0 Å². The van der Waals surface area contributed by atoms with Crippen molar-refractivity contribution in [2.75, 3.05) is 13.2 Å². The van der Waals surface area contributed by atoms with Crippen molar-refractivity contribution in [2.45, 2.75) is 57.7 Å². The Morgan fingerprint density at radius 1 is 1.27 bits per heavy atom. The van der Waals surface area contributed by atoms with Gasteiger partial charge in [0, 0.05) is 12.6 Å². The Labute approximate surface area is 131 Å². The molecular formula is C18H25N3O. The second kappa shape index (κ2) is 6.01. The van der Waals surface area contributed by atoms with E-state index in [0.29, 0.717) is 18.7 Å². The highest BCUT2D eigenvalue weighted by molar-refractivity contribution is 5.77. The Morgan fingerprint density at radius 3 is 3.00 bits per heavy atom. The molecule has 0 amide bonds. The van der Waals surface area contributed by atoms with E-state index in [1.54, 1.807) is 0 Å². The molecule has 1 unspecified atom stereocenters. The topological polar surface area (TPSA) is 39.1 Å². The molecule has 0 spiro atoms. The number of rotatable bonds is 3. The van der Waals surface area contributed by atoms with Crippen molar-refractivity contribution in [2.24, 2.45) is 0 Å². The van der Waals surface area contributed by atoms with Gasteiger partial charge in [0.1, 0.15) is 12.4 Å². The molecule has 4 nitrogen and oxygen atoms in total. The minimum Gasteiger partial charge on any atom is -0.371 e. The molecule has 1 atom stereocenters. The zero-order valence-electron chi connectivity index (χ0n) is 13.3. The summed E-state index contributed by atoms with van der Waals surface area (Å²) in [5, 5.41) is 3.77. The van der Waals surface area contributed by atoms with E-state index in [0.717, 1.165) is 24.5 Å². The molecule has 1 fully saturated rings. The van der Waals surface area contributed by atoms with Crippen LogP contribution >= 0.6 is 0 Å². The van der Waals surface area contributed by atoms with Gasteiger partial charge in [-0.1, -0.05) is 25.3 Å². The predicted octanol–water partition coefficient (Wildman–Crippen LogP) is 3.34. The van der Waals surface area contributed by atoms with Gasteiger partial charge in [-0.15, -0.1) is 0 Å². The van der Waals surface area contributed by atoms with Crippen molar-refractivity contribution in [1.82, 2.24) is 14.9 Å². The minimum atomic E-state index is 0.359. The number of fused-ring (bicyclic) bond motifs is 3. The fourth-order valence-corrected chi connectivity index (χ4v) is 3.88. The summed E-state index contributed by atoms with van der Waals surface area (Å²) in [6, 6.07) is 7.57. The SMILES string of the molecule is Cc1ccc2nc3n(c2c1)C(CNC1CCCCC1)COC3. The number of hydrogen-bond acceptors (Lipinski definition) is 3. The summed E-state index contributed by atoms with van der Waals surface area (Å²) in [7, 11) is 0. The lowest BCUT2D eigenvalue weighted by atomic mass is 9.95. The average Bonchev–Trinajstić information content (AvgIpc) is 2.92. The maximum absolute atomic E-state index is 5.78. The highest BCUT2D eigenvalue weighted by atomic mass is 16.5. The first-order valence-electron chi connectivity index (χ1n) is 8.60. The second-order valence-electron chi connectivity index (χ2n) is 6.80. The van der Waals surface area contributed by atoms with Crippen LogP contribution in [-0.4, -0.2) is 28.7 Å². The standard InChI is InChI=1S/C18H25N3O/c1-13-7-8-16-17(9-13)21-15(11-22-12-18(21)20-16)10-19-14-5-3-2-4-6-14/h7-9,14-15,19H,2-6,10-12H2,1H3. The molecule has 1 aliphatic heterocycles. The van der Waals surface area contributed by atoms with Crippen LogP contribution < -0.4 is 5.32 Å². The van der Waals surface area contributed by atoms with Gasteiger partial charge in [0.15, 0.2) is 0 Å². The van der Waals surface area contributed by atoms with Gasteiger partial charge in [0.05, 0.1) is 23.7 Å². The first-order chi connectivity index (χ1) is 10.8. The summed E-state index contributed by atoms with van der Waals surface area (Å²) in [4.78, 5) is 4.75. The molecular weight excluding hydrogens is 274 g/mol. The van der Waals surface area contributed by atoms with Crippen molar-refractivity contribution in [3.8, 4) is 0 Å². The molecule has 0 saturated heterocycles. The van der Waals surface area contributed by atoms with E-state index in [-0.39, 0.29) is 0 Å². The number of aryl methyl sites for hydroxylation is 1. The number of nitrogens with one attached hydrogen (secondary N) is 1. The van der Waals surface area contributed by atoms with Crippen LogP contribution in [0.3, 0.4) is 0 Å². The van der Waals surface area contributed by atoms with Crippen LogP contribution in [0.4, 0.5) is 0 Å². The van der Waals surface area contributed by atoms with Crippen LogP contribution in [0.2, 0.25) is 0 Å². The smallest absolute Gasteiger partial charge is 0.136 e. The zero-order valence-corrected chi connectivity index (χ0v) is 13.3. The molecule has 1 aromatic heterocycles. The molecule has 0 bridgehead atoms. The summed E-state index contributed by atoms with van der Waals surface area (Å²) in [5.74, 6) is 1.07. The molecule has 1 aromatic carbocycles. The van der Waals surface area contributed by atoms with Crippen LogP contribution in [0.15, 0.2) is 18.2 Å². The highest BCUT2D eigenvalue weighted by Gasteiger charge is 2.25. The summed E-state index contributed by atoms with van der Waals surface area (Å²) < 4.78 is 8.19. The van der Waals surface area contributed by atoms with E-state index in [9.17, 15) is 0 Å². The van der Waals surface area contributed by atoms with Crippen molar-refractivity contribution in [1.29, 1.82) is 0 Å². The van der Waals surface area contributed by atoms with Crippen LogP contribution in [0, 0.1) is 6.92 Å². The summed E-state index contributed by atoms with van der Waals surface area (Å²) in [6.07, 6.45) is 6.79. The Morgan fingerprint density at radius 2 is 2.14 bits per heavy atom. The Bertz CT molecular complexity index is 658. The normalized spacial score (nSPS) is 22.9. The number of ether oxygens (including phenoxy) is 1. The van der Waals surface area contributed by atoms with Gasteiger partial charge < -0.3 is 14.6 Å². The van der Waals surface area contributed by atoms with Gasteiger partial charge in [0.25, 0.3) is 0 Å². The molecule has 0 radical (unpaired) electrons. The van der Waals surface area contributed by atoms with E-state index in [1.807, 2.05) is 0 Å². The van der Waals surface area contributed by atoms with Gasteiger partial charge >= 0.3 is 0 Å². The highest BCUT2D eigenvalue weighted by Crippen LogP contribution is 2.27. The Balaban J connectivity index is 1.57. The van der Waals surface area contributed by atoms with E-state index in [4.69, 9.17) is 9.72 Å². The number of nitrogens with zero attached hydrogens (tertiary/aromatic N) is 2. The third-order valence-electron chi connectivity index (χ3n) is 5.07. The van der Waals surface area contributed by atoms with E-state index in [2.05, 4.69) is 35.0 Å². The molecule has 1 N–H and O–H groups in total. The number of imidazole rings is 1. The molecule has 4 heteroatoms. The van der Waals surface area contributed by atoms with E-state index in [1.165, 1.54) is 43.2 Å². The fraction of sp³-hybridized carbons (Fsp3) is 0.611. The van der Waals surface area contributed by atoms with Gasteiger partial charge in [-0.25, -0.2) is 4.98 Å². The van der Waals surface area contributed by atoms with E-state index >= 15 is 0 Å². The first-order valence-corrected chi connectivity index (χ1v) is 8.60. The number of aromatic nitrogens is 2. The fourth-order valence-electron chi connectivity index (χ4n) is 3.88. The largest absolute Gasteiger partial charge is 0.371 e. The third-order valence-corrected chi connectivity index (χ3v) is 5.07. The molecule has 2 heterocycles. The maximum atomic E-state index is 5.78. The van der Waals surface area contributed by atoms with Gasteiger partial charge in [-0.2, -0.15) is 0 Å². The first kappa shape index (κ1) is 14.2. The van der Waals surface area contributed by atoms with Crippen molar-refractivity contribution < 1.29 is 4.74 Å². The number of benzene rings is 1. The lowest BCUT2D eigenvalue weighted by Crippen LogP contribution is -2.38. The van der Waals surface area contributed by atoms with Crippen LogP contribution in [-0.2, 0) is 11.3 Å². The quantitative estimate of drug-likeness (QED) is 0.945. The monoisotopic (exact) mass is 299 g/mol. The predicted molar refractivity (Wildman–Crippen MR) is 88.0 cm³/mol. The van der Waals surface area contributed by atoms with Crippen LogP contribution in [0.1, 0.15) is 49.5 Å². The summed E-state index contributed by atoms with van der Waals surface area (Å²) >= 11 is 0. The molecule has 2 aliphatic rings. The minimum absolute atomic E-state index is 0.359. The van der Waals surface area contributed by atoms with Gasteiger partial charge in [-0.05, 0) is 37.5 Å². The molecule has 118 valence electrons. The molecule has 1 aliphatic carbocycles. The molecule has 1 saturated carbocycles. The lowest BCUT2D eigenvalue weighted by molar-refractivity contribution is 0.0551. The number of hydrogen-bond donors (Lipinski definition) is 1. The molecule has 22 heavy (non-hydrogen) atoms. The summed E-state index contributed by atoms with van der Waals surface area (Å²) in [5.41, 5.74) is 3.64.